The quantitative estimate of drug-likeness (QED) is 0.578. The second-order valence-corrected chi connectivity index (χ2v) is 7.69. The highest BCUT2D eigenvalue weighted by molar-refractivity contribution is 7.12. The summed E-state index contributed by atoms with van der Waals surface area (Å²) < 4.78 is 4.84. The Hall–Kier alpha value is -2.93. The smallest absolute Gasteiger partial charge is 0.330 e. The van der Waals surface area contributed by atoms with Crippen LogP contribution in [-0.2, 0) is 14.3 Å². The first-order valence-electron chi connectivity index (χ1n) is 9.65. The summed E-state index contributed by atoms with van der Waals surface area (Å²) >= 11 is 1.44. The van der Waals surface area contributed by atoms with Crippen molar-refractivity contribution in [1.82, 2.24) is 4.90 Å². The van der Waals surface area contributed by atoms with Gasteiger partial charge < -0.3 is 15.0 Å². The number of nitrogens with zero attached hydrogens (tertiary/aromatic N) is 1. The van der Waals surface area contributed by atoms with Gasteiger partial charge in [0.05, 0.1) is 11.5 Å². The first kappa shape index (κ1) is 20.8. The summed E-state index contributed by atoms with van der Waals surface area (Å²) in [7, 11) is 0. The maximum absolute atomic E-state index is 12.6. The monoisotopic (exact) mass is 412 g/mol. The summed E-state index contributed by atoms with van der Waals surface area (Å²) in [5.74, 6) is -0.465. The SMILES string of the molecule is CCOC(=O)C=Cc1ccc(NC(=O)C2CCN(C(=O)c3cccs3)CC2)cc1. The minimum atomic E-state index is -0.381. The molecule has 2 aromatic rings. The molecular weight excluding hydrogens is 388 g/mol. The number of piperidine rings is 1. The molecule has 152 valence electrons. The lowest BCUT2D eigenvalue weighted by Crippen LogP contribution is -2.41. The molecule has 0 atom stereocenters. The van der Waals surface area contributed by atoms with E-state index in [9.17, 15) is 14.4 Å². The molecule has 1 saturated heterocycles. The van der Waals surface area contributed by atoms with Crippen molar-refractivity contribution in [2.75, 3.05) is 25.0 Å². The molecule has 1 aromatic heterocycles. The molecule has 0 unspecified atom stereocenters. The third-order valence-corrected chi connectivity index (χ3v) is 5.62. The third-order valence-electron chi connectivity index (χ3n) is 4.76. The molecule has 2 amide bonds. The maximum atomic E-state index is 12.6. The second-order valence-electron chi connectivity index (χ2n) is 6.74. The van der Waals surface area contributed by atoms with Crippen LogP contribution < -0.4 is 5.32 Å². The van der Waals surface area contributed by atoms with Gasteiger partial charge in [0.2, 0.25) is 5.91 Å². The molecule has 1 aliphatic heterocycles. The molecule has 3 rings (SSSR count). The Morgan fingerprint density at radius 1 is 1.17 bits per heavy atom. The topological polar surface area (TPSA) is 75.7 Å². The fourth-order valence-electron chi connectivity index (χ4n) is 3.18. The van der Waals surface area contributed by atoms with Crippen LogP contribution >= 0.6 is 11.3 Å². The van der Waals surface area contributed by atoms with Crippen molar-refractivity contribution in [2.24, 2.45) is 5.92 Å². The third kappa shape index (κ3) is 5.77. The number of likely N-dealkylation sites (tertiary alicyclic amines) is 1. The fraction of sp³-hybridized carbons (Fsp3) is 0.318. The highest BCUT2D eigenvalue weighted by atomic mass is 32.1. The number of thiophene rings is 1. The molecular formula is C22H24N2O4S. The molecule has 29 heavy (non-hydrogen) atoms. The summed E-state index contributed by atoms with van der Waals surface area (Å²) in [5.41, 5.74) is 1.55. The number of benzene rings is 1. The van der Waals surface area contributed by atoms with Gasteiger partial charge in [-0.15, -0.1) is 11.3 Å². The van der Waals surface area contributed by atoms with Crippen LogP contribution in [0.3, 0.4) is 0 Å². The van der Waals surface area contributed by atoms with E-state index in [1.54, 1.807) is 25.1 Å². The summed E-state index contributed by atoms with van der Waals surface area (Å²) in [6.45, 7) is 3.28. The van der Waals surface area contributed by atoms with Crippen LogP contribution in [0.4, 0.5) is 5.69 Å². The Morgan fingerprint density at radius 2 is 1.90 bits per heavy atom. The van der Waals surface area contributed by atoms with Crippen molar-refractivity contribution < 1.29 is 19.1 Å². The van der Waals surface area contributed by atoms with Crippen LogP contribution in [0.1, 0.15) is 35.0 Å². The molecule has 6 nitrogen and oxygen atoms in total. The number of anilines is 1. The van der Waals surface area contributed by atoms with Crippen molar-refractivity contribution in [3.8, 4) is 0 Å². The van der Waals surface area contributed by atoms with Gasteiger partial charge in [0.1, 0.15) is 0 Å². The lowest BCUT2D eigenvalue weighted by molar-refractivity contribution is -0.137. The van der Waals surface area contributed by atoms with E-state index < -0.39 is 0 Å². The number of rotatable bonds is 6. The molecule has 7 heteroatoms. The molecule has 0 bridgehead atoms. The van der Waals surface area contributed by atoms with E-state index in [4.69, 9.17) is 4.74 Å². The van der Waals surface area contributed by atoms with E-state index in [-0.39, 0.29) is 23.7 Å². The first-order chi connectivity index (χ1) is 14.1. The van der Waals surface area contributed by atoms with Gasteiger partial charge in [-0.1, -0.05) is 18.2 Å². The largest absolute Gasteiger partial charge is 0.463 e. The van der Waals surface area contributed by atoms with Crippen LogP contribution in [0.5, 0.6) is 0 Å². The fourth-order valence-corrected chi connectivity index (χ4v) is 3.87. The Morgan fingerprint density at radius 3 is 2.52 bits per heavy atom. The molecule has 1 fully saturated rings. The van der Waals surface area contributed by atoms with Gasteiger partial charge in [0.25, 0.3) is 5.91 Å². The Labute approximate surface area is 174 Å². The molecule has 2 heterocycles. The van der Waals surface area contributed by atoms with Gasteiger partial charge in [-0.3, -0.25) is 9.59 Å². The first-order valence-corrected chi connectivity index (χ1v) is 10.5. The minimum absolute atomic E-state index is 0.0250. The van der Waals surface area contributed by atoms with Crippen LogP contribution in [0, 0.1) is 5.92 Å². The van der Waals surface area contributed by atoms with Crippen molar-refractivity contribution in [3.63, 3.8) is 0 Å². The van der Waals surface area contributed by atoms with Crippen LogP contribution in [-0.4, -0.2) is 42.4 Å². The van der Waals surface area contributed by atoms with Crippen molar-refractivity contribution >= 4 is 40.9 Å². The number of ether oxygens (including phenoxy) is 1. The zero-order chi connectivity index (χ0) is 20.6. The van der Waals surface area contributed by atoms with E-state index in [0.717, 1.165) is 10.4 Å². The van der Waals surface area contributed by atoms with E-state index in [2.05, 4.69) is 5.32 Å². The number of nitrogens with one attached hydrogen (secondary N) is 1. The lowest BCUT2D eigenvalue weighted by atomic mass is 9.95. The van der Waals surface area contributed by atoms with Gasteiger partial charge in [0, 0.05) is 30.8 Å². The van der Waals surface area contributed by atoms with E-state index in [1.165, 1.54) is 17.4 Å². The zero-order valence-electron chi connectivity index (χ0n) is 16.3. The average molecular weight is 413 g/mol. The summed E-state index contributed by atoms with van der Waals surface area (Å²) in [4.78, 5) is 38.9. The predicted octanol–water partition coefficient (Wildman–Crippen LogP) is 3.82. The normalized spacial score (nSPS) is 14.7. The second kappa shape index (κ2) is 10.0. The molecule has 0 aliphatic carbocycles. The molecule has 0 saturated carbocycles. The number of hydrogen-bond acceptors (Lipinski definition) is 5. The van der Waals surface area contributed by atoms with Crippen molar-refractivity contribution in [1.29, 1.82) is 0 Å². The van der Waals surface area contributed by atoms with Gasteiger partial charge in [-0.05, 0) is 55.0 Å². The highest BCUT2D eigenvalue weighted by Crippen LogP contribution is 2.22. The van der Waals surface area contributed by atoms with Gasteiger partial charge in [-0.25, -0.2) is 4.79 Å². The molecule has 1 aliphatic rings. The number of carbonyl (C=O) groups is 3. The van der Waals surface area contributed by atoms with E-state index in [1.807, 2.05) is 34.5 Å². The number of hydrogen-bond donors (Lipinski definition) is 1. The molecule has 1 aromatic carbocycles. The maximum Gasteiger partial charge on any atom is 0.330 e. The number of amides is 2. The molecule has 1 N–H and O–H groups in total. The molecule has 0 radical (unpaired) electrons. The van der Waals surface area contributed by atoms with Crippen LogP contribution in [0.2, 0.25) is 0 Å². The minimum Gasteiger partial charge on any atom is -0.463 e. The number of carbonyl (C=O) groups excluding carboxylic acids is 3. The lowest BCUT2D eigenvalue weighted by Gasteiger charge is -2.31. The zero-order valence-corrected chi connectivity index (χ0v) is 17.1. The van der Waals surface area contributed by atoms with Crippen LogP contribution in [0.15, 0.2) is 47.9 Å². The average Bonchev–Trinajstić information content (AvgIpc) is 3.28. The summed E-state index contributed by atoms with van der Waals surface area (Å²) in [6, 6.07) is 11.0. The van der Waals surface area contributed by atoms with E-state index >= 15 is 0 Å². The highest BCUT2D eigenvalue weighted by Gasteiger charge is 2.28. The van der Waals surface area contributed by atoms with Gasteiger partial charge in [0.15, 0.2) is 0 Å². The Balaban J connectivity index is 1.48. The summed E-state index contributed by atoms with van der Waals surface area (Å²) in [5, 5.41) is 4.83. The van der Waals surface area contributed by atoms with Crippen molar-refractivity contribution in [3.05, 3.63) is 58.3 Å². The Bertz CT molecular complexity index is 867. The Kier molecular flexibility index (Phi) is 7.19. The van der Waals surface area contributed by atoms with Gasteiger partial charge >= 0.3 is 5.97 Å². The van der Waals surface area contributed by atoms with Crippen LogP contribution in [0.25, 0.3) is 6.08 Å². The molecule has 0 spiro atoms. The van der Waals surface area contributed by atoms with Gasteiger partial charge in [-0.2, -0.15) is 0 Å². The van der Waals surface area contributed by atoms with E-state index in [0.29, 0.717) is 38.2 Å². The number of esters is 1. The predicted molar refractivity (Wildman–Crippen MR) is 114 cm³/mol. The standard InChI is InChI=1S/C22H24N2O4S/c1-2-28-20(25)10-7-16-5-8-18(9-6-16)23-21(26)17-11-13-24(14-12-17)22(27)19-4-3-15-29-19/h3-10,15,17H,2,11-14H2,1H3,(H,23,26). The summed E-state index contributed by atoms with van der Waals surface area (Å²) in [6.07, 6.45) is 4.36. The van der Waals surface area contributed by atoms with Crippen molar-refractivity contribution in [2.45, 2.75) is 19.8 Å².